The molecule has 1 aromatic carbocycles. The van der Waals surface area contributed by atoms with Crippen molar-refractivity contribution in [3.8, 4) is 0 Å². The molecule has 0 saturated heterocycles. The van der Waals surface area contributed by atoms with Gasteiger partial charge in [0.25, 0.3) is 0 Å². The molecule has 0 aromatic heterocycles. The fourth-order valence-electron chi connectivity index (χ4n) is 1.80. The van der Waals surface area contributed by atoms with Gasteiger partial charge in [-0.1, -0.05) is 37.1 Å². The molecule has 0 heterocycles. The zero-order valence-electron chi connectivity index (χ0n) is 10.4. The van der Waals surface area contributed by atoms with Gasteiger partial charge in [-0.15, -0.1) is 6.58 Å². The fourth-order valence-corrected chi connectivity index (χ4v) is 1.80. The van der Waals surface area contributed by atoms with E-state index >= 15 is 0 Å². The Hall–Kier alpha value is -1.24. The summed E-state index contributed by atoms with van der Waals surface area (Å²) in [6, 6.07) is 10.6. The Kier molecular flexibility index (Phi) is 6.39. The lowest BCUT2D eigenvalue weighted by molar-refractivity contribution is 0.643. The lowest BCUT2D eigenvalue weighted by atomic mass is 10.1. The van der Waals surface area contributed by atoms with Crippen LogP contribution in [0.2, 0.25) is 0 Å². The Bertz CT molecular complexity index is 279. The molecule has 0 radical (unpaired) electrons. The van der Waals surface area contributed by atoms with Crippen molar-refractivity contribution in [2.45, 2.75) is 32.1 Å². The summed E-state index contributed by atoms with van der Waals surface area (Å²) >= 11 is 0. The molecule has 0 aliphatic carbocycles. The Morgan fingerprint density at radius 3 is 2.44 bits per heavy atom. The maximum Gasteiger partial charge on any atom is 0.0363 e. The van der Waals surface area contributed by atoms with Crippen LogP contribution >= 0.6 is 0 Å². The zero-order chi connectivity index (χ0) is 11.6. The third-order valence-corrected chi connectivity index (χ3v) is 2.85. The maximum absolute atomic E-state index is 3.74. The topological polar surface area (TPSA) is 3.24 Å². The molecule has 16 heavy (non-hydrogen) atoms. The summed E-state index contributed by atoms with van der Waals surface area (Å²) in [6.07, 6.45) is 8.39. The van der Waals surface area contributed by atoms with Crippen molar-refractivity contribution < 1.29 is 0 Å². The second kappa shape index (κ2) is 7.98. The number of anilines is 1. The molecular weight excluding hydrogens is 194 g/mol. The summed E-state index contributed by atoms with van der Waals surface area (Å²) in [7, 11) is 2.17. The third kappa shape index (κ3) is 5.01. The Morgan fingerprint density at radius 2 is 1.75 bits per heavy atom. The highest BCUT2D eigenvalue weighted by Crippen LogP contribution is 2.12. The summed E-state index contributed by atoms with van der Waals surface area (Å²) in [5.74, 6) is 0. The SMILES string of the molecule is C=CCCCCCCN(C)c1ccccc1. The van der Waals surface area contributed by atoms with Gasteiger partial charge < -0.3 is 4.90 Å². The van der Waals surface area contributed by atoms with Crippen molar-refractivity contribution in [3.05, 3.63) is 43.0 Å². The monoisotopic (exact) mass is 217 g/mol. The highest BCUT2D eigenvalue weighted by Gasteiger charge is 1.98. The summed E-state index contributed by atoms with van der Waals surface area (Å²) in [6.45, 7) is 4.89. The number of nitrogens with zero attached hydrogens (tertiary/aromatic N) is 1. The van der Waals surface area contributed by atoms with E-state index in [2.05, 4.69) is 48.9 Å². The summed E-state index contributed by atoms with van der Waals surface area (Å²) in [4.78, 5) is 2.33. The molecule has 0 amide bonds. The molecule has 0 bridgehead atoms. The Morgan fingerprint density at radius 1 is 1.06 bits per heavy atom. The van der Waals surface area contributed by atoms with E-state index in [4.69, 9.17) is 0 Å². The van der Waals surface area contributed by atoms with E-state index < -0.39 is 0 Å². The molecular formula is C15H23N. The van der Waals surface area contributed by atoms with Gasteiger partial charge in [0, 0.05) is 19.3 Å². The van der Waals surface area contributed by atoms with E-state index in [1.54, 1.807) is 0 Å². The number of para-hydroxylation sites is 1. The molecule has 0 saturated carbocycles. The van der Waals surface area contributed by atoms with Crippen molar-refractivity contribution in [1.29, 1.82) is 0 Å². The van der Waals surface area contributed by atoms with Crippen LogP contribution in [0.25, 0.3) is 0 Å². The van der Waals surface area contributed by atoms with Crippen molar-refractivity contribution in [2.75, 3.05) is 18.5 Å². The van der Waals surface area contributed by atoms with E-state index in [9.17, 15) is 0 Å². The molecule has 0 spiro atoms. The predicted octanol–water partition coefficient (Wildman–Crippen LogP) is 4.26. The quantitative estimate of drug-likeness (QED) is 0.464. The summed E-state index contributed by atoms with van der Waals surface area (Å²) in [5, 5.41) is 0. The van der Waals surface area contributed by atoms with Crippen LogP contribution in [0, 0.1) is 0 Å². The Labute approximate surface area is 99.8 Å². The fraction of sp³-hybridized carbons (Fsp3) is 0.467. The van der Waals surface area contributed by atoms with Crippen LogP contribution in [0.1, 0.15) is 32.1 Å². The molecule has 1 nitrogen and oxygen atoms in total. The van der Waals surface area contributed by atoms with Gasteiger partial charge in [0.1, 0.15) is 0 Å². The Balaban J connectivity index is 2.11. The average molecular weight is 217 g/mol. The number of hydrogen-bond donors (Lipinski definition) is 0. The van der Waals surface area contributed by atoms with E-state index in [1.165, 1.54) is 31.4 Å². The number of allylic oxidation sites excluding steroid dienone is 1. The second-order valence-electron chi connectivity index (χ2n) is 4.25. The second-order valence-corrected chi connectivity index (χ2v) is 4.25. The summed E-state index contributed by atoms with van der Waals surface area (Å²) < 4.78 is 0. The highest BCUT2D eigenvalue weighted by atomic mass is 15.1. The minimum absolute atomic E-state index is 1.15. The molecule has 0 atom stereocenters. The number of rotatable bonds is 8. The van der Waals surface area contributed by atoms with Crippen molar-refractivity contribution in [1.82, 2.24) is 0 Å². The molecule has 0 unspecified atom stereocenters. The highest BCUT2D eigenvalue weighted by molar-refractivity contribution is 5.44. The van der Waals surface area contributed by atoms with E-state index in [-0.39, 0.29) is 0 Å². The van der Waals surface area contributed by atoms with Gasteiger partial charge >= 0.3 is 0 Å². The molecule has 1 heteroatoms. The molecule has 1 aromatic rings. The number of benzene rings is 1. The molecule has 0 aliphatic heterocycles. The standard InChI is InChI=1S/C15H23N/c1-3-4-5-6-7-11-14-16(2)15-12-9-8-10-13-15/h3,8-10,12-13H,1,4-7,11,14H2,2H3. The van der Waals surface area contributed by atoms with Crippen LogP contribution in [-0.4, -0.2) is 13.6 Å². The minimum Gasteiger partial charge on any atom is -0.375 e. The van der Waals surface area contributed by atoms with Crippen molar-refractivity contribution in [2.24, 2.45) is 0 Å². The molecule has 88 valence electrons. The maximum atomic E-state index is 3.74. The van der Waals surface area contributed by atoms with Crippen molar-refractivity contribution >= 4 is 5.69 Å². The van der Waals surface area contributed by atoms with Gasteiger partial charge in [-0.25, -0.2) is 0 Å². The van der Waals surface area contributed by atoms with Crippen LogP contribution in [0.5, 0.6) is 0 Å². The van der Waals surface area contributed by atoms with Gasteiger partial charge in [0.05, 0.1) is 0 Å². The lowest BCUT2D eigenvalue weighted by Gasteiger charge is -2.18. The number of unbranched alkanes of at least 4 members (excludes halogenated alkanes) is 4. The zero-order valence-corrected chi connectivity index (χ0v) is 10.4. The predicted molar refractivity (Wildman–Crippen MR) is 73.0 cm³/mol. The van der Waals surface area contributed by atoms with E-state index in [1.807, 2.05) is 6.08 Å². The first kappa shape index (κ1) is 12.8. The van der Waals surface area contributed by atoms with E-state index in [0.29, 0.717) is 0 Å². The molecule has 0 fully saturated rings. The molecule has 0 aliphatic rings. The average Bonchev–Trinajstić information content (AvgIpc) is 2.34. The van der Waals surface area contributed by atoms with Crippen LogP contribution in [-0.2, 0) is 0 Å². The number of hydrogen-bond acceptors (Lipinski definition) is 1. The van der Waals surface area contributed by atoms with Gasteiger partial charge in [-0.3, -0.25) is 0 Å². The van der Waals surface area contributed by atoms with Gasteiger partial charge in [-0.05, 0) is 31.4 Å². The first-order chi connectivity index (χ1) is 7.84. The first-order valence-electron chi connectivity index (χ1n) is 6.21. The lowest BCUT2D eigenvalue weighted by Crippen LogP contribution is -2.18. The van der Waals surface area contributed by atoms with Crippen molar-refractivity contribution in [3.63, 3.8) is 0 Å². The normalized spacial score (nSPS) is 10.1. The molecule has 1 rings (SSSR count). The first-order valence-corrected chi connectivity index (χ1v) is 6.21. The van der Waals surface area contributed by atoms with E-state index in [0.717, 1.165) is 13.0 Å². The molecule has 0 N–H and O–H groups in total. The smallest absolute Gasteiger partial charge is 0.0363 e. The van der Waals surface area contributed by atoms with Gasteiger partial charge in [0.15, 0.2) is 0 Å². The summed E-state index contributed by atoms with van der Waals surface area (Å²) in [5.41, 5.74) is 1.31. The third-order valence-electron chi connectivity index (χ3n) is 2.85. The van der Waals surface area contributed by atoms with Crippen LogP contribution in [0.15, 0.2) is 43.0 Å². The largest absolute Gasteiger partial charge is 0.375 e. The van der Waals surface area contributed by atoms with Crippen LogP contribution in [0.3, 0.4) is 0 Å². The van der Waals surface area contributed by atoms with Gasteiger partial charge in [-0.2, -0.15) is 0 Å². The van der Waals surface area contributed by atoms with Crippen LogP contribution in [0.4, 0.5) is 5.69 Å². The van der Waals surface area contributed by atoms with Gasteiger partial charge in [0.2, 0.25) is 0 Å². The minimum atomic E-state index is 1.15. The van der Waals surface area contributed by atoms with Crippen LogP contribution < -0.4 is 4.90 Å².